The van der Waals surface area contributed by atoms with E-state index in [4.69, 9.17) is 15.0 Å². The highest BCUT2D eigenvalue weighted by Crippen LogP contribution is 2.25. The molecule has 0 aliphatic heterocycles. The number of aliphatic hydroxyl groups is 2. The van der Waals surface area contributed by atoms with Gasteiger partial charge in [-0.2, -0.15) is 0 Å². The number of rotatable bonds is 2. The lowest BCUT2D eigenvalue weighted by Gasteiger charge is -2.22. The molecule has 0 fully saturated rings. The van der Waals surface area contributed by atoms with Gasteiger partial charge in [-0.05, 0) is 0 Å². The fourth-order valence-corrected chi connectivity index (χ4v) is 1.51. The van der Waals surface area contributed by atoms with Crippen LogP contribution in [0.2, 0.25) is 0 Å². The predicted molar refractivity (Wildman–Crippen MR) is 68.8 cm³/mol. The van der Waals surface area contributed by atoms with Crippen molar-refractivity contribution in [2.45, 2.75) is 5.79 Å². The van der Waals surface area contributed by atoms with Crippen LogP contribution < -0.4 is 0 Å². The molecule has 0 saturated carbocycles. The lowest BCUT2D eigenvalue weighted by molar-refractivity contribution is -0.132. The summed E-state index contributed by atoms with van der Waals surface area (Å²) >= 11 is 0. The van der Waals surface area contributed by atoms with Crippen molar-refractivity contribution in [3.05, 3.63) is 71.8 Å². The Hall–Kier alpha value is -2.37. The van der Waals surface area contributed by atoms with E-state index in [9.17, 15) is 10.2 Å². The fraction of sp³-hybridized carbons (Fsp3) is 0.0714. The Morgan fingerprint density at radius 1 is 0.737 bits per heavy atom. The zero-order chi connectivity index (χ0) is 14.3. The first kappa shape index (κ1) is 14.7. The van der Waals surface area contributed by atoms with Gasteiger partial charge in [0.05, 0.1) is 0 Å². The standard InChI is InChI=1S/C13H12O2.CH2O3/c14-13(15,11-7-3-1-4-8-11)12-9-5-2-6-10-12;2-1(3)4/h1-10,14-15H;(H2,2,3,4). The van der Waals surface area contributed by atoms with E-state index in [1.807, 2.05) is 12.1 Å². The van der Waals surface area contributed by atoms with Crippen molar-refractivity contribution in [3.63, 3.8) is 0 Å². The molecule has 0 radical (unpaired) electrons. The smallest absolute Gasteiger partial charge is 0.450 e. The van der Waals surface area contributed by atoms with Gasteiger partial charge >= 0.3 is 6.16 Å². The van der Waals surface area contributed by atoms with Crippen molar-refractivity contribution < 1.29 is 25.2 Å². The highest BCUT2D eigenvalue weighted by atomic mass is 16.6. The number of carboxylic acid groups (broad SMARTS) is 2. The molecule has 100 valence electrons. The van der Waals surface area contributed by atoms with Crippen molar-refractivity contribution in [1.29, 1.82) is 0 Å². The van der Waals surface area contributed by atoms with E-state index < -0.39 is 11.9 Å². The molecule has 0 aliphatic rings. The minimum atomic E-state index is -1.91. The minimum Gasteiger partial charge on any atom is -0.450 e. The van der Waals surface area contributed by atoms with Gasteiger partial charge in [0.1, 0.15) is 0 Å². The van der Waals surface area contributed by atoms with Gasteiger partial charge in [0.25, 0.3) is 0 Å². The number of carbonyl (C=O) groups is 1. The summed E-state index contributed by atoms with van der Waals surface area (Å²) in [5, 5.41) is 34.0. The lowest BCUT2D eigenvalue weighted by Crippen LogP contribution is -2.26. The Morgan fingerprint density at radius 3 is 1.26 bits per heavy atom. The molecular formula is C14H14O5. The number of benzene rings is 2. The first-order chi connectivity index (χ1) is 8.94. The van der Waals surface area contributed by atoms with Gasteiger partial charge in [0.2, 0.25) is 5.79 Å². The molecule has 5 nitrogen and oxygen atoms in total. The van der Waals surface area contributed by atoms with E-state index in [1.54, 1.807) is 48.5 Å². The van der Waals surface area contributed by atoms with E-state index in [0.29, 0.717) is 11.1 Å². The summed E-state index contributed by atoms with van der Waals surface area (Å²) in [5.41, 5.74) is 0.937. The van der Waals surface area contributed by atoms with Crippen LogP contribution in [0.5, 0.6) is 0 Å². The van der Waals surface area contributed by atoms with Crippen molar-refractivity contribution in [2.75, 3.05) is 0 Å². The van der Waals surface area contributed by atoms with Crippen LogP contribution in [0.25, 0.3) is 0 Å². The van der Waals surface area contributed by atoms with E-state index in [1.165, 1.54) is 0 Å². The van der Waals surface area contributed by atoms with Crippen LogP contribution >= 0.6 is 0 Å². The first-order valence-corrected chi connectivity index (χ1v) is 5.42. The van der Waals surface area contributed by atoms with E-state index in [0.717, 1.165) is 0 Å². The van der Waals surface area contributed by atoms with Crippen LogP contribution in [-0.2, 0) is 5.79 Å². The van der Waals surface area contributed by atoms with Gasteiger partial charge in [-0.15, -0.1) is 0 Å². The average Bonchev–Trinajstić information content (AvgIpc) is 2.40. The van der Waals surface area contributed by atoms with Crippen LogP contribution in [0.15, 0.2) is 60.7 Å². The summed E-state index contributed by atoms with van der Waals surface area (Å²) in [6, 6.07) is 17.5. The molecule has 0 unspecified atom stereocenters. The Balaban J connectivity index is 0.000000399. The number of hydrogen-bond acceptors (Lipinski definition) is 3. The Kier molecular flexibility index (Phi) is 5.05. The normalized spacial score (nSPS) is 10.2. The third kappa shape index (κ3) is 4.42. The Bertz CT molecular complexity index is 462. The summed E-state index contributed by atoms with van der Waals surface area (Å²) < 4.78 is 0. The van der Waals surface area contributed by atoms with Crippen molar-refractivity contribution >= 4 is 6.16 Å². The average molecular weight is 262 g/mol. The van der Waals surface area contributed by atoms with Gasteiger partial charge in [0.15, 0.2) is 0 Å². The third-order valence-electron chi connectivity index (χ3n) is 2.35. The zero-order valence-corrected chi connectivity index (χ0v) is 9.97. The second kappa shape index (κ2) is 6.53. The summed E-state index contributed by atoms with van der Waals surface area (Å²) in [5.74, 6) is -1.91. The molecular weight excluding hydrogens is 248 g/mol. The maximum Gasteiger partial charge on any atom is 0.503 e. The monoisotopic (exact) mass is 262 g/mol. The molecule has 0 aromatic heterocycles. The highest BCUT2D eigenvalue weighted by Gasteiger charge is 2.27. The molecule has 2 aromatic carbocycles. The van der Waals surface area contributed by atoms with Gasteiger partial charge in [0, 0.05) is 11.1 Å². The van der Waals surface area contributed by atoms with E-state index in [-0.39, 0.29) is 0 Å². The molecule has 19 heavy (non-hydrogen) atoms. The molecule has 0 bridgehead atoms. The van der Waals surface area contributed by atoms with Crippen LogP contribution in [0.3, 0.4) is 0 Å². The molecule has 2 rings (SSSR count). The summed E-state index contributed by atoms with van der Waals surface area (Å²) in [6.45, 7) is 0. The summed E-state index contributed by atoms with van der Waals surface area (Å²) in [7, 11) is 0. The quantitative estimate of drug-likeness (QED) is 0.621. The van der Waals surface area contributed by atoms with Crippen LogP contribution in [0.4, 0.5) is 4.79 Å². The molecule has 0 heterocycles. The summed E-state index contributed by atoms with van der Waals surface area (Å²) in [6.07, 6.45) is -1.83. The Labute approximate surface area is 110 Å². The molecule has 0 amide bonds. The van der Waals surface area contributed by atoms with E-state index >= 15 is 0 Å². The van der Waals surface area contributed by atoms with Gasteiger partial charge < -0.3 is 20.4 Å². The van der Waals surface area contributed by atoms with Gasteiger partial charge in [-0.1, -0.05) is 60.7 Å². The first-order valence-electron chi connectivity index (χ1n) is 5.42. The van der Waals surface area contributed by atoms with E-state index in [2.05, 4.69) is 0 Å². The Morgan fingerprint density at radius 2 is 1.00 bits per heavy atom. The predicted octanol–water partition coefficient (Wildman–Crippen LogP) is 2.09. The van der Waals surface area contributed by atoms with Crippen LogP contribution in [0.1, 0.15) is 11.1 Å². The minimum absolute atomic E-state index is 0.469. The second-order valence-corrected chi connectivity index (χ2v) is 3.69. The van der Waals surface area contributed by atoms with Crippen molar-refractivity contribution in [2.24, 2.45) is 0 Å². The van der Waals surface area contributed by atoms with Gasteiger partial charge in [-0.25, -0.2) is 4.79 Å². The third-order valence-corrected chi connectivity index (χ3v) is 2.35. The lowest BCUT2D eigenvalue weighted by atomic mass is 9.98. The van der Waals surface area contributed by atoms with Crippen LogP contribution in [-0.4, -0.2) is 26.6 Å². The molecule has 4 N–H and O–H groups in total. The second-order valence-electron chi connectivity index (χ2n) is 3.69. The summed E-state index contributed by atoms with van der Waals surface area (Å²) in [4.78, 5) is 8.56. The van der Waals surface area contributed by atoms with Crippen LogP contribution in [0, 0.1) is 0 Å². The largest absolute Gasteiger partial charge is 0.503 e. The zero-order valence-electron chi connectivity index (χ0n) is 9.97. The maximum atomic E-state index is 10.0. The van der Waals surface area contributed by atoms with Crippen molar-refractivity contribution in [3.8, 4) is 0 Å². The molecule has 0 aliphatic carbocycles. The molecule has 0 spiro atoms. The number of hydrogen-bond donors (Lipinski definition) is 4. The molecule has 0 saturated heterocycles. The molecule has 0 atom stereocenters. The molecule has 5 heteroatoms. The SMILES string of the molecule is O=C(O)O.OC(O)(c1ccccc1)c1ccccc1. The maximum absolute atomic E-state index is 10.0. The van der Waals surface area contributed by atoms with Crippen molar-refractivity contribution in [1.82, 2.24) is 0 Å². The highest BCUT2D eigenvalue weighted by molar-refractivity contribution is 5.53. The molecule has 2 aromatic rings. The topological polar surface area (TPSA) is 98.0 Å². The fourth-order valence-electron chi connectivity index (χ4n) is 1.51. The van der Waals surface area contributed by atoms with Gasteiger partial charge in [-0.3, -0.25) is 0 Å².